The molecule has 2 aliphatic rings. The number of rotatable bonds is 3. The maximum Gasteiger partial charge on any atom is 0.167 e. The van der Waals surface area contributed by atoms with Crippen LogP contribution in [-0.4, -0.2) is 7.23 Å². The highest BCUT2D eigenvalue weighted by Gasteiger charge is 2.30. The zero-order chi connectivity index (χ0) is 37.2. The third kappa shape index (κ3) is 4.58. The average molecular weight is 857 g/mol. The van der Waals surface area contributed by atoms with Gasteiger partial charge >= 0.3 is 0 Å². The van der Waals surface area contributed by atoms with Crippen LogP contribution in [0.4, 0.5) is 22.7 Å². The number of hydrogen-bond acceptors (Lipinski definition) is 4. The Hall–Kier alpha value is -6.41. The Morgan fingerprint density at radius 1 is 0.491 bits per heavy atom. The summed E-state index contributed by atoms with van der Waals surface area (Å²) in [4.78, 5) is 8.04. The van der Waals surface area contributed by atoms with Crippen LogP contribution in [0.1, 0.15) is 16.9 Å². The summed E-state index contributed by atoms with van der Waals surface area (Å²) in [6, 6.07) is 64.4. The standard InChI is InChI=1S/C52H29IN2OS/c1-2-14-33-30(11-1)24-27-43-48(33)40-19-9-12-31-13-10-20-42(47(31)40)55(43)41-28-26-38(34-15-3-4-16-35(34)41)52-53-49(51-50(54-52)39-18-5-7-21-44(39)56-51)32-23-25-37-36-17-6-8-22-45(36)57-46(37)29-32/h1-29H. The van der Waals surface area contributed by atoms with Gasteiger partial charge < -0.3 is 9.32 Å². The number of hydrogen-bond donors (Lipinski definition) is 0. The number of halogens is 1. The van der Waals surface area contributed by atoms with Gasteiger partial charge in [-0.2, -0.15) is 0 Å². The summed E-state index contributed by atoms with van der Waals surface area (Å²) in [5, 5.41) is 11.1. The monoisotopic (exact) mass is 856 g/mol. The van der Waals surface area contributed by atoms with Crippen molar-refractivity contribution in [3.05, 3.63) is 193 Å². The molecular formula is C52H29IN2OS. The van der Waals surface area contributed by atoms with E-state index in [2.05, 4.69) is 175 Å². The van der Waals surface area contributed by atoms with Crippen LogP contribution in [0, 0.1) is 0 Å². The maximum absolute atomic E-state index is 6.70. The molecule has 0 bridgehead atoms. The van der Waals surface area contributed by atoms with Gasteiger partial charge in [0.2, 0.25) is 0 Å². The fraction of sp³-hybridized carbons (Fsp3) is 0. The summed E-state index contributed by atoms with van der Waals surface area (Å²) < 4.78 is 11.7. The zero-order valence-corrected chi connectivity index (χ0v) is 33.3. The van der Waals surface area contributed by atoms with Crippen molar-refractivity contribution in [1.82, 2.24) is 0 Å². The maximum atomic E-state index is 6.70. The molecule has 0 unspecified atom stereocenters. The van der Waals surface area contributed by atoms with Gasteiger partial charge in [0.1, 0.15) is 15.0 Å². The van der Waals surface area contributed by atoms with E-state index < -0.39 is 20.7 Å². The molecule has 4 heterocycles. The summed E-state index contributed by atoms with van der Waals surface area (Å²) in [6.45, 7) is 0. The third-order valence-electron chi connectivity index (χ3n) is 11.7. The minimum Gasteiger partial charge on any atom is -0.453 e. The Balaban J connectivity index is 1.05. The first-order chi connectivity index (χ1) is 28.3. The molecule has 11 aromatic rings. The van der Waals surface area contributed by atoms with Gasteiger partial charge in [0.05, 0.1) is 20.6 Å². The van der Waals surface area contributed by atoms with Crippen LogP contribution in [0.5, 0.6) is 0 Å². The first-order valence-electron chi connectivity index (χ1n) is 19.2. The number of benzene rings is 9. The van der Waals surface area contributed by atoms with Crippen molar-refractivity contribution >= 4 is 126 Å². The molecule has 5 heteroatoms. The quantitative estimate of drug-likeness (QED) is 0.166. The molecule has 0 radical (unpaired) electrons. The van der Waals surface area contributed by atoms with E-state index in [4.69, 9.17) is 9.41 Å². The van der Waals surface area contributed by atoms with Gasteiger partial charge in [0, 0.05) is 47.5 Å². The molecule has 0 saturated heterocycles. The molecule has 0 fully saturated rings. The molecule has 13 rings (SSSR count). The first-order valence-corrected chi connectivity index (χ1v) is 22.1. The second-order valence-corrected chi connectivity index (χ2v) is 18.5. The highest BCUT2D eigenvalue weighted by Crippen LogP contribution is 2.54. The average Bonchev–Trinajstić information content (AvgIpc) is 3.84. The van der Waals surface area contributed by atoms with Crippen LogP contribution in [0.3, 0.4) is 0 Å². The van der Waals surface area contributed by atoms with Gasteiger partial charge in [-0.25, -0.2) is 4.99 Å². The van der Waals surface area contributed by atoms with Crippen LogP contribution in [0.25, 0.3) is 74.6 Å². The Morgan fingerprint density at radius 3 is 2.12 bits per heavy atom. The molecular weight excluding hydrogens is 828 g/mol. The van der Waals surface area contributed by atoms with E-state index in [1.165, 1.54) is 89.6 Å². The minimum absolute atomic E-state index is 0.745. The fourth-order valence-corrected chi connectivity index (χ4v) is 13.2. The highest BCUT2D eigenvalue weighted by molar-refractivity contribution is 14.2. The fourth-order valence-electron chi connectivity index (χ4n) is 9.20. The predicted molar refractivity (Wildman–Crippen MR) is 252 cm³/mol. The third-order valence-corrected chi connectivity index (χ3v) is 15.8. The largest absolute Gasteiger partial charge is 0.453 e. The zero-order valence-electron chi connectivity index (χ0n) is 30.3. The van der Waals surface area contributed by atoms with Crippen molar-refractivity contribution < 1.29 is 4.42 Å². The Labute approximate surface area is 341 Å². The summed E-state index contributed by atoms with van der Waals surface area (Å²) in [5.74, 6) is 0.915. The molecule has 0 saturated carbocycles. The van der Waals surface area contributed by atoms with Gasteiger partial charge in [0.25, 0.3) is 0 Å². The van der Waals surface area contributed by atoms with E-state index >= 15 is 0 Å². The van der Waals surface area contributed by atoms with E-state index in [0.717, 1.165) is 31.8 Å². The van der Waals surface area contributed by atoms with E-state index in [0.29, 0.717) is 0 Å². The topological polar surface area (TPSA) is 28.7 Å². The predicted octanol–water partition coefficient (Wildman–Crippen LogP) is 15.3. The number of furan rings is 1. The van der Waals surface area contributed by atoms with E-state index in [9.17, 15) is 0 Å². The molecule has 57 heavy (non-hydrogen) atoms. The molecule has 9 aromatic carbocycles. The van der Waals surface area contributed by atoms with Crippen LogP contribution in [0.15, 0.2) is 185 Å². The molecule has 0 N–H and O–H groups in total. The number of aliphatic imine (C=N–C) groups is 1. The Bertz CT molecular complexity index is 3600. The second kappa shape index (κ2) is 12.0. The molecule has 2 aromatic heterocycles. The first kappa shape index (κ1) is 31.8. The lowest BCUT2D eigenvalue weighted by Crippen LogP contribution is -2.16. The van der Waals surface area contributed by atoms with Crippen molar-refractivity contribution in [3.63, 3.8) is 0 Å². The van der Waals surface area contributed by atoms with Crippen molar-refractivity contribution in [2.75, 3.05) is 4.90 Å². The SMILES string of the molecule is c1ccc2c3c(ccc2c1)N(c1ccc(C2=Nc4c(oc5ccccc45)C(c4ccc5c(c4)sc4ccccc45)=I2)c2ccccc12)c1cccc2cccc-3c12. The summed E-state index contributed by atoms with van der Waals surface area (Å²) in [6.07, 6.45) is 0. The lowest BCUT2D eigenvalue weighted by molar-refractivity contribution is 0.608. The lowest BCUT2D eigenvalue weighted by Gasteiger charge is -2.35. The van der Waals surface area contributed by atoms with Gasteiger partial charge in [-0.1, -0.05) is 148 Å². The second-order valence-electron chi connectivity index (χ2n) is 14.8. The number of fused-ring (bicyclic) bond motifs is 11. The number of nitrogens with zero attached hydrogens (tertiary/aromatic N) is 2. The molecule has 2 aliphatic heterocycles. The van der Waals surface area contributed by atoms with Crippen LogP contribution >= 0.6 is 32.1 Å². The van der Waals surface area contributed by atoms with Crippen LogP contribution in [-0.2, 0) is 0 Å². The minimum atomic E-state index is -0.745. The smallest absolute Gasteiger partial charge is 0.167 e. The van der Waals surface area contributed by atoms with E-state index in [1.54, 1.807) is 0 Å². The summed E-state index contributed by atoms with van der Waals surface area (Å²) >= 11 is 1.12. The normalized spacial score (nSPS) is 13.6. The van der Waals surface area contributed by atoms with Crippen molar-refractivity contribution in [2.24, 2.45) is 4.99 Å². The summed E-state index contributed by atoms with van der Waals surface area (Å²) in [7, 11) is 0. The Kier molecular flexibility index (Phi) is 6.71. The van der Waals surface area contributed by atoms with Gasteiger partial charge in [-0.3, -0.25) is 0 Å². The molecule has 0 atom stereocenters. The van der Waals surface area contributed by atoms with Crippen molar-refractivity contribution in [1.29, 1.82) is 0 Å². The van der Waals surface area contributed by atoms with E-state index in [1.807, 2.05) is 17.4 Å². The van der Waals surface area contributed by atoms with Gasteiger partial charge in [-0.15, -0.1) is 11.3 Å². The molecule has 0 spiro atoms. The lowest BCUT2D eigenvalue weighted by atomic mass is 9.87. The van der Waals surface area contributed by atoms with Crippen LogP contribution in [0.2, 0.25) is 0 Å². The molecule has 0 aliphatic carbocycles. The molecule has 0 amide bonds. The number of anilines is 3. The highest BCUT2D eigenvalue weighted by atomic mass is 127. The van der Waals surface area contributed by atoms with E-state index in [-0.39, 0.29) is 0 Å². The van der Waals surface area contributed by atoms with Gasteiger partial charge in [-0.05, 0) is 81.2 Å². The van der Waals surface area contributed by atoms with Gasteiger partial charge in [0.15, 0.2) is 5.76 Å². The molecule has 266 valence electrons. The number of thiophene rings is 1. The van der Waals surface area contributed by atoms with Crippen molar-refractivity contribution in [2.45, 2.75) is 0 Å². The number of para-hydroxylation sites is 1. The summed E-state index contributed by atoms with van der Waals surface area (Å²) in [5.41, 5.74) is 10.4. The Morgan fingerprint density at radius 2 is 1.21 bits per heavy atom. The van der Waals surface area contributed by atoms with Crippen molar-refractivity contribution in [3.8, 4) is 11.1 Å². The molecule has 3 nitrogen and oxygen atoms in total. The van der Waals surface area contributed by atoms with Crippen LogP contribution < -0.4 is 4.90 Å².